The molecule has 23 heavy (non-hydrogen) atoms. The number of aryl methyl sites for hydroxylation is 1. The molecular formula is C17H19N3O2S. The van der Waals surface area contributed by atoms with E-state index in [1.165, 1.54) is 11.8 Å². The maximum atomic E-state index is 12.3. The predicted molar refractivity (Wildman–Crippen MR) is 89.5 cm³/mol. The van der Waals surface area contributed by atoms with E-state index in [1.54, 1.807) is 6.20 Å². The van der Waals surface area contributed by atoms with Gasteiger partial charge in [0.15, 0.2) is 5.16 Å². The van der Waals surface area contributed by atoms with E-state index in [-0.39, 0.29) is 12.0 Å². The number of hydrogen-bond acceptors (Lipinski definition) is 5. The number of hydrogen-bond donors (Lipinski definition) is 0. The Morgan fingerprint density at radius 1 is 1.35 bits per heavy atom. The van der Waals surface area contributed by atoms with Gasteiger partial charge >= 0.3 is 0 Å². The van der Waals surface area contributed by atoms with Gasteiger partial charge in [0.25, 0.3) is 0 Å². The smallest absolute Gasteiger partial charge is 0.233 e. The lowest BCUT2D eigenvalue weighted by Crippen LogP contribution is -2.32. The fourth-order valence-electron chi connectivity index (χ4n) is 2.46. The molecule has 2 aromatic rings. The Morgan fingerprint density at radius 3 is 2.96 bits per heavy atom. The van der Waals surface area contributed by atoms with Crippen molar-refractivity contribution in [2.75, 3.05) is 18.8 Å². The monoisotopic (exact) mass is 329 g/mol. The molecule has 1 fully saturated rings. The highest BCUT2D eigenvalue weighted by Crippen LogP contribution is 2.20. The van der Waals surface area contributed by atoms with Gasteiger partial charge in [0.2, 0.25) is 5.91 Å². The molecule has 2 heterocycles. The number of ether oxygens (including phenoxy) is 1. The molecule has 1 atom stereocenters. The molecule has 5 nitrogen and oxygen atoms in total. The quantitative estimate of drug-likeness (QED) is 0.623. The maximum Gasteiger partial charge on any atom is 0.233 e. The second-order valence-electron chi connectivity index (χ2n) is 5.45. The third-order valence-electron chi connectivity index (χ3n) is 3.64. The molecule has 0 bridgehead atoms. The van der Waals surface area contributed by atoms with Gasteiger partial charge in [0.05, 0.1) is 12.3 Å². The summed E-state index contributed by atoms with van der Waals surface area (Å²) in [6, 6.07) is 11.6. The molecule has 1 unspecified atom stereocenters. The molecule has 1 amide bonds. The zero-order valence-electron chi connectivity index (χ0n) is 13.0. The number of likely N-dealkylation sites (tertiary alicyclic amines) is 1. The van der Waals surface area contributed by atoms with Crippen LogP contribution < -0.4 is 4.74 Å². The van der Waals surface area contributed by atoms with Gasteiger partial charge in [0, 0.05) is 24.9 Å². The standard InChI is InChI=1S/C17H19N3O2S/c1-13-7-9-18-17(19-13)23-12-16(21)20-10-8-15(11-20)22-14-5-3-2-4-6-14/h2-7,9,15H,8,10-12H2,1H3. The van der Waals surface area contributed by atoms with Crippen molar-refractivity contribution < 1.29 is 9.53 Å². The van der Waals surface area contributed by atoms with Crippen LogP contribution in [-0.2, 0) is 4.79 Å². The van der Waals surface area contributed by atoms with Gasteiger partial charge in [-0.1, -0.05) is 30.0 Å². The van der Waals surface area contributed by atoms with E-state index in [0.29, 0.717) is 17.5 Å². The number of para-hydroxylation sites is 1. The van der Waals surface area contributed by atoms with Gasteiger partial charge in [-0.2, -0.15) is 0 Å². The first kappa shape index (κ1) is 15.8. The average molecular weight is 329 g/mol. The molecule has 0 aliphatic carbocycles. The molecule has 1 saturated heterocycles. The molecule has 0 N–H and O–H groups in total. The van der Waals surface area contributed by atoms with Gasteiger partial charge in [-0.15, -0.1) is 0 Å². The fourth-order valence-corrected chi connectivity index (χ4v) is 3.23. The summed E-state index contributed by atoms with van der Waals surface area (Å²) in [7, 11) is 0. The van der Waals surface area contributed by atoms with Gasteiger partial charge < -0.3 is 9.64 Å². The molecule has 0 saturated carbocycles. The van der Waals surface area contributed by atoms with E-state index < -0.39 is 0 Å². The number of amides is 1. The molecule has 1 aromatic heterocycles. The maximum absolute atomic E-state index is 12.3. The third-order valence-corrected chi connectivity index (χ3v) is 4.49. The van der Waals surface area contributed by atoms with Crippen molar-refractivity contribution in [3.05, 3.63) is 48.3 Å². The van der Waals surface area contributed by atoms with Crippen LogP contribution in [0.3, 0.4) is 0 Å². The van der Waals surface area contributed by atoms with Crippen molar-refractivity contribution in [2.24, 2.45) is 0 Å². The van der Waals surface area contributed by atoms with Crippen LogP contribution in [0.2, 0.25) is 0 Å². The molecule has 1 aliphatic heterocycles. The minimum Gasteiger partial charge on any atom is -0.489 e. The second-order valence-corrected chi connectivity index (χ2v) is 6.39. The summed E-state index contributed by atoms with van der Waals surface area (Å²) in [5, 5.41) is 0.648. The van der Waals surface area contributed by atoms with Gasteiger partial charge in [-0.25, -0.2) is 9.97 Å². The lowest BCUT2D eigenvalue weighted by molar-refractivity contribution is -0.127. The van der Waals surface area contributed by atoms with E-state index in [1.807, 2.05) is 48.2 Å². The largest absolute Gasteiger partial charge is 0.489 e. The zero-order chi connectivity index (χ0) is 16.1. The molecule has 6 heteroatoms. The number of carbonyl (C=O) groups is 1. The molecular weight excluding hydrogens is 310 g/mol. The average Bonchev–Trinajstić information content (AvgIpc) is 3.02. The van der Waals surface area contributed by atoms with Crippen LogP contribution in [0.15, 0.2) is 47.8 Å². The Kier molecular flexibility index (Phi) is 5.12. The van der Waals surface area contributed by atoms with Crippen LogP contribution in [0.5, 0.6) is 5.75 Å². The number of aromatic nitrogens is 2. The Hall–Kier alpha value is -2.08. The first-order valence-electron chi connectivity index (χ1n) is 7.62. The molecule has 0 spiro atoms. The normalized spacial score (nSPS) is 17.3. The SMILES string of the molecule is Cc1ccnc(SCC(=O)N2CCC(Oc3ccccc3)C2)n1. The topological polar surface area (TPSA) is 55.3 Å². The zero-order valence-corrected chi connectivity index (χ0v) is 13.8. The summed E-state index contributed by atoms with van der Waals surface area (Å²) in [6.07, 6.45) is 2.66. The van der Waals surface area contributed by atoms with Crippen LogP contribution in [0.25, 0.3) is 0 Å². The van der Waals surface area contributed by atoms with Gasteiger partial charge in [-0.05, 0) is 25.1 Å². The summed E-state index contributed by atoms with van der Waals surface area (Å²) in [5.74, 6) is 1.33. The van der Waals surface area contributed by atoms with E-state index in [2.05, 4.69) is 9.97 Å². The number of thioether (sulfide) groups is 1. The molecule has 1 aromatic carbocycles. The van der Waals surface area contributed by atoms with Gasteiger partial charge in [0.1, 0.15) is 11.9 Å². The Morgan fingerprint density at radius 2 is 2.17 bits per heavy atom. The highest BCUT2D eigenvalue weighted by Gasteiger charge is 2.27. The van der Waals surface area contributed by atoms with Crippen molar-refractivity contribution in [3.63, 3.8) is 0 Å². The Bertz CT molecular complexity index is 666. The van der Waals surface area contributed by atoms with Crippen molar-refractivity contribution in [2.45, 2.75) is 24.6 Å². The van der Waals surface area contributed by atoms with Crippen molar-refractivity contribution in [1.29, 1.82) is 0 Å². The summed E-state index contributed by atoms with van der Waals surface area (Å²) in [5.41, 5.74) is 0.910. The summed E-state index contributed by atoms with van der Waals surface area (Å²) in [6.45, 7) is 3.30. The lowest BCUT2D eigenvalue weighted by Gasteiger charge is -2.17. The summed E-state index contributed by atoms with van der Waals surface area (Å²) in [4.78, 5) is 22.6. The molecule has 3 rings (SSSR count). The molecule has 120 valence electrons. The number of benzene rings is 1. The van der Waals surface area contributed by atoms with Crippen LogP contribution in [0.4, 0.5) is 0 Å². The highest BCUT2D eigenvalue weighted by molar-refractivity contribution is 7.99. The van der Waals surface area contributed by atoms with Crippen LogP contribution in [0.1, 0.15) is 12.1 Å². The minimum absolute atomic E-state index is 0.0709. The van der Waals surface area contributed by atoms with Crippen molar-refractivity contribution in [3.8, 4) is 5.75 Å². The van der Waals surface area contributed by atoms with Crippen LogP contribution >= 0.6 is 11.8 Å². The number of nitrogens with zero attached hydrogens (tertiary/aromatic N) is 3. The number of rotatable bonds is 5. The predicted octanol–water partition coefficient (Wildman–Crippen LogP) is 2.56. The van der Waals surface area contributed by atoms with Crippen molar-refractivity contribution in [1.82, 2.24) is 14.9 Å². The van der Waals surface area contributed by atoms with Crippen molar-refractivity contribution >= 4 is 17.7 Å². The fraction of sp³-hybridized carbons (Fsp3) is 0.353. The third kappa shape index (κ3) is 4.45. The van der Waals surface area contributed by atoms with E-state index >= 15 is 0 Å². The first-order valence-corrected chi connectivity index (χ1v) is 8.61. The summed E-state index contributed by atoms with van der Waals surface area (Å²) >= 11 is 1.38. The van der Waals surface area contributed by atoms with E-state index in [9.17, 15) is 4.79 Å². The lowest BCUT2D eigenvalue weighted by atomic mass is 10.3. The minimum atomic E-state index is 0.0709. The number of carbonyl (C=O) groups excluding carboxylic acids is 1. The Labute approximate surface area is 140 Å². The highest BCUT2D eigenvalue weighted by atomic mass is 32.2. The van der Waals surface area contributed by atoms with Crippen LogP contribution in [0, 0.1) is 6.92 Å². The Balaban J connectivity index is 1.47. The molecule has 0 radical (unpaired) electrons. The second kappa shape index (κ2) is 7.46. The van der Waals surface area contributed by atoms with Crippen LogP contribution in [-0.4, -0.2) is 45.7 Å². The first-order chi connectivity index (χ1) is 11.2. The van der Waals surface area contributed by atoms with E-state index in [0.717, 1.165) is 24.4 Å². The van der Waals surface area contributed by atoms with Gasteiger partial charge in [-0.3, -0.25) is 4.79 Å². The summed E-state index contributed by atoms with van der Waals surface area (Å²) < 4.78 is 5.91. The molecule has 1 aliphatic rings. The van der Waals surface area contributed by atoms with E-state index in [4.69, 9.17) is 4.74 Å².